The molecule has 0 radical (unpaired) electrons. The van der Waals surface area contributed by atoms with Crippen molar-refractivity contribution in [3.05, 3.63) is 59.7 Å². The molecule has 6 heteroatoms. The highest BCUT2D eigenvalue weighted by molar-refractivity contribution is 6.01. The van der Waals surface area contributed by atoms with Gasteiger partial charge in [-0.1, -0.05) is 42.5 Å². The second-order valence-electron chi connectivity index (χ2n) is 6.01. The summed E-state index contributed by atoms with van der Waals surface area (Å²) in [6.07, 6.45) is -6.41. The van der Waals surface area contributed by atoms with E-state index in [4.69, 9.17) is 4.74 Å². The summed E-state index contributed by atoms with van der Waals surface area (Å²) in [7, 11) is 0. The van der Waals surface area contributed by atoms with Gasteiger partial charge in [0.25, 0.3) is 5.91 Å². The Balaban J connectivity index is 1.92. The summed E-state index contributed by atoms with van der Waals surface area (Å²) in [5.41, 5.74) is 3.02. The summed E-state index contributed by atoms with van der Waals surface area (Å²) < 4.78 is 43.5. The predicted molar refractivity (Wildman–Crippen MR) is 88.3 cm³/mol. The molecule has 0 unspecified atom stereocenters. The molecule has 2 aromatic rings. The van der Waals surface area contributed by atoms with Crippen molar-refractivity contribution in [3.8, 4) is 11.1 Å². The lowest BCUT2D eigenvalue weighted by Gasteiger charge is -2.34. The van der Waals surface area contributed by atoms with Crippen LogP contribution in [0.5, 0.6) is 0 Å². The first-order valence-corrected chi connectivity index (χ1v) is 8.00. The minimum atomic E-state index is -4.48. The molecule has 1 heterocycles. The molecule has 1 aliphatic heterocycles. The van der Waals surface area contributed by atoms with Crippen LogP contribution in [0.4, 0.5) is 13.2 Å². The molecule has 3 rings (SSSR count). The van der Waals surface area contributed by atoms with Crippen LogP contribution in [0.1, 0.15) is 15.9 Å². The molecule has 0 N–H and O–H groups in total. The van der Waals surface area contributed by atoms with Gasteiger partial charge in [-0.05, 0) is 29.7 Å². The van der Waals surface area contributed by atoms with Gasteiger partial charge in [-0.2, -0.15) is 13.2 Å². The van der Waals surface area contributed by atoms with E-state index in [9.17, 15) is 18.0 Å². The smallest absolute Gasteiger partial charge is 0.365 e. The van der Waals surface area contributed by atoms with Crippen LogP contribution in [0.3, 0.4) is 0 Å². The summed E-state index contributed by atoms with van der Waals surface area (Å²) in [5, 5.41) is 0. The molecular formula is C19H18F3NO2. The molecular weight excluding hydrogens is 331 g/mol. The van der Waals surface area contributed by atoms with E-state index in [0.717, 1.165) is 16.7 Å². The Morgan fingerprint density at radius 2 is 1.72 bits per heavy atom. The van der Waals surface area contributed by atoms with Crippen LogP contribution in [0.2, 0.25) is 0 Å². The maximum absolute atomic E-state index is 12.9. The van der Waals surface area contributed by atoms with E-state index >= 15 is 0 Å². The van der Waals surface area contributed by atoms with Gasteiger partial charge in [0.2, 0.25) is 0 Å². The molecule has 0 spiro atoms. The first-order valence-electron chi connectivity index (χ1n) is 8.00. The van der Waals surface area contributed by atoms with Gasteiger partial charge in [0.15, 0.2) is 6.10 Å². The molecule has 0 saturated carbocycles. The SMILES string of the molecule is Cc1ccccc1-c1ccccc1C(=O)N1CCO[C@H](C(F)(F)F)C1. The third-order valence-corrected chi connectivity index (χ3v) is 4.31. The molecule has 0 aromatic heterocycles. The number of halogens is 3. The Hall–Kier alpha value is -2.34. The first kappa shape index (κ1) is 17.5. The lowest BCUT2D eigenvalue weighted by Crippen LogP contribution is -2.51. The van der Waals surface area contributed by atoms with E-state index < -0.39 is 24.7 Å². The fourth-order valence-electron chi connectivity index (χ4n) is 2.98. The lowest BCUT2D eigenvalue weighted by molar-refractivity contribution is -0.233. The third-order valence-electron chi connectivity index (χ3n) is 4.31. The zero-order valence-electron chi connectivity index (χ0n) is 13.7. The summed E-state index contributed by atoms with van der Waals surface area (Å²) >= 11 is 0. The van der Waals surface area contributed by atoms with Gasteiger partial charge in [0.1, 0.15) is 0 Å². The van der Waals surface area contributed by atoms with Gasteiger partial charge < -0.3 is 9.64 Å². The summed E-state index contributed by atoms with van der Waals surface area (Å²) in [6.45, 7) is 1.48. The van der Waals surface area contributed by atoms with Crippen LogP contribution >= 0.6 is 0 Å². The number of hydrogen-bond donors (Lipinski definition) is 0. The van der Waals surface area contributed by atoms with Crippen molar-refractivity contribution in [1.82, 2.24) is 4.90 Å². The maximum Gasteiger partial charge on any atom is 0.416 e. The van der Waals surface area contributed by atoms with Crippen molar-refractivity contribution in [1.29, 1.82) is 0 Å². The number of aryl methyl sites for hydroxylation is 1. The van der Waals surface area contributed by atoms with Crippen molar-refractivity contribution < 1.29 is 22.7 Å². The van der Waals surface area contributed by atoms with Crippen molar-refractivity contribution in [3.63, 3.8) is 0 Å². The fourth-order valence-corrected chi connectivity index (χ4v) is 2.98. The molecule has 132 valence electrons. The second kappa shape index (κ2) is 6.88. The van der Waals surface area contributed by atoms with Crippen LogP contribution in [0.15, 0.2) is 48.5 Å². The molecule has 25 heavy (non-hydrogen) atoms. The minimum absolute atomic E-state index is 0.123. The monoisotopic (exact) mass is 349 g/mol. The Morgan fingerprint density at radius 1 is 1.08 bits per heavy atom. The average molecular weight is 349 g/mol. The van der Waals surface area contributed by atoms with E-state index in [1.54, 1.807) is 12.1 Å². The molecule has 3 nitrogen and oxygen atoms in total. The first-order chi connectivity index (χ1) is 11.9. The number of carbonyl (C=O) groups excluding carboxylic acids is 1. The zero-order valence-corrected chi connectivity index (χ0v) is 13.7. The molecule has 0 bridgehead atoms. The van der Waals surface area contributed by atoms with Gasteiger partial charge in [-0.15, -0.1) is 0 Å². The van der Waals surface area contributed by atoms with Crippen molar-refractivity contribution >= 4 is 5.91 Å². The highest BCUT2D eigenvalue weighted by atomic mass is 19.4. The predicted octanol–water partition coefficient (Wildman–Crippen LogP) is 4.07. The summed E-state index contributed by atoms with van der Waals surface area (Å²) in [6, 6.07) is 14.6. The van der Waals surface area contributed by atoms with Crippen molar-refractivity contribution in [2.75, 3.05) is 19.7 Å². The molecule has 1 amide bonds. The van der Waals surface area contributed by atoms with Gasteiger partial charge >= 0.3 is 6.18 Å². The third kappa shape index (κ3) is 3.69. The van der Waals surface area contributed by atoms with E-state index in [1.165, 1.54) is 4.90 Å². The van der Waals surface area contributed by atoms with Gasteiger partial charge in [0, 0.05) is 12.1 Å². The Morgan fingerprint density at radius 3 is 2.40 bits per heavy atom. The molecule has 0 aliphatic carbocycles. The molecule has 2 aromatic carbocycles. The highest BCUT2D eigenvalue weighted by Crippen LogP contribution is 2.30. The molecule has 1 atom stereocenters. The van der Waals surface area contributed by atoms with Crippen LogP contribution in [0, 0.1) is 6.92 Å². The Labute approximate surface area is 144 Å². The maximum atomic E-state index is 12.9. The van der Waals surface area contributed by atoms with E-state index in [1.807, 2.05) is 43.3 Å². The van der Waals surface area contributed by atoms with E-state index in [0.29, 0.717) is 5.56 Å². The van der Waals surface area contributed by atoms with Crippen LogP contribution in [0.25, 0.3) is 11.1 Å². The summed E-state index contributed by atoms with van der Waals surface area (Å²) in [4.78, 5) is 14.1. The highest BCUT2D eigenvalue weighted by Gasteiger charge is 2.44. The number of nitrogens with zero attached hydrogens (tertiary/aromatic N) is 1. The summed E-state index contributed by atoms with van der Waals surface area (Å²) in [5.74, 6) is -0.406. The van der Waals surface area contributed by atoms with Gasteiger partial charge in [-0.3, -0.25) is 4.79 Å². The number of hydrogen-bond acceptors (Lipinski definition) is 2. The van der Waals surface area contributed by atoms with Crippen molar-refractivity contribution in [2.45, 2.75) is 19.2 Å². The number of morpholine rings is 1. The van der Waals surface area contributed by atoms with Gasteiger partial charge in [0.05, 0.1) is 13.2 Å². The van der Waals surface area contributed by atoms with Crippen LogP contribution < -0.4 is 0 Å². The molecule has 1 aliphatic rings. The van der Waals surface area contributed by atoms with E-state index in [-0.39, 0.29) is 13.2 Å². The fraction of sp³-hybridized carbons (Fsp3) is 0.316. The van der Waals surface area contributed by atoms with Crippen LogP contribution in [-0.4, -0.2) is 42.8 Å². The number of rotatable bonds is 2. The number of ether oxygens (including phenoxy) is 1. The number of carbonyl (C=O) groups is 1. The standard InChI is InChI=1S/C19H18F3NO2/c1-13-6-2-3-7-14(13)15-8-4-5-9-16(15)18(24)23-10-11-25-17(12-23)19(20,21)22/h2-9,17H,10-12H2,1H3/t17-/m0/s1. The molecule has 1 fully saturated rings. The van der Waals surface area contributed by atoms with Crippen LogP contribution in [-0.2, 0) is 4.74 Å². The van der Waals surface area contributed by atoms with Gasteiger partial charge in [-0.25, -0.2) is 0 Å². The number of alkyl halides is 3. The Kier molecular flexibility index (Phi) is 4.81. The zero-order chi connectivity index (χ0) is 18.0. The number of amides is 1. The van der Waals surface area contributed by atoms with E-state index in [2.05, 4.69) is 0 Å². The lowest BCUT2D eigenvalue weighted by atomic mass is 9.95. The minimum Gasteiger partial charge on any atom is -0.365 e. The van der Waals surface area contributed by atoms with Crippen molar-refractivity contribution in [2.24, 2.45) is 0 Å². The Bertz CT molecular complexity index is 773. The average Bonchev–Trinajstić information content (AvgIpc) is 2.61. The number of benzene rings is 2. The largest absolute Gasteiger partial charge is 0.416 e. The normalized spacial score (nSPS) is 18.2. The second-order valence-corrected chi connectivity index (χ2v) is 6.01. The quantitative estimate of drug-likeness (QED) is 0.818. The topological polar surface area (TPSA) is 29.5 Å². The molecule has 1 saturated heterocycles.